The molecule has 0 radical (unpaired) electrons. The molecule has 0 aliphatic rings. The summed E-state index contributed by atoms with van der Waals surface area (Å²) in [5.41, 5.74) is 0. The normalized spacial score (nSPS) is 20.2. The van der Waals surface area contributed by atoms with Crippen LogP contribution in [0.15, 0.2) is 0 Å². The van der Waals surface area contributed by atoms with Gasteiger partial charge in [-0.1, -0.05) is 0 Å². The summed E-state index contributed by atoms with van der Waals surface area (Å²) in [6, 6.07) is 0. The van der Waals surface area contributed by atoms with Gasteiger partial charge in [-0.15, -0.1) is 12.4 Å². The van der Waals surface area contributed by atoms with E-state index in [1.54, 1.807) is 0 Å². The molecule has 0 fully saturated rings. The fraction of sp³-hybridized carbons (Fsp3) is 0. The Morgan fingerprint density at radius 2 is 0.625 bits per heavy atom. The summed E-state index contributed by atoms with van der Waals surface area (Å²) in [5, 5.41) is 0. The van der Waals surface area contributed by atoms with Crippen molar-refractivity contribution in [3.63, 3.8) is 0 Å². The van der Waals surface area contributed by atoms with Gasteiger partial charge in [0.2, 0.25) is 0 Å². The van der Waals surface area contributed by atoms with Gasteiger partial charge in [-0.2, -0.15) is 0 Å². The van der Waals surface area contributed by atoms with Gasteiger partial charge in [0.05, 0.1) is 0 Å². The molecule has 0 amide bonds. The molecule has 12 N–H and O–H groups in total. The molecule has 0 saturated heterocycles. The van der Waals surface area contributed by atoms with Gasteiger partial charge in [-0.05, 0) is 0 Å². The zero-order valence-corrected chi connectivity index (χ0v) is 6.66. The van der Waals surface area contributed by atoms with Gasteiger partial charge in [-0.25, -0.2) is 0 Å². The molecule has 0 heterocycles. The van der Waals surface area contributed by atoms with Gasteiger partial charge in [0, 0.05) is 0 Å². The van der Waals surface area contributed by atoms with Crippen LogP contribution in [0.4, 0.5) is 0 Å². The standard InChI is InChI=1S/ClH.6H2N.Rh/h1H;6*1H2;/q;6*-1;+6. The minimum atomic E-state index is -4.98. The Morgan fingerprint density at radius 1 is 0.625 bits per heavy atom. The molecule has 8 heavy (non-hydrogen) atoms. The Hall–Kier alpha value is 0.673. The number of rotatable bonds is 0. The maximum atomic E-state index is 4.90. The molecule has 0 aromatic heterocycles. The molecule has 6 nitrogen and oxygen atoms in total. The molecule has 0 atom stereocenters. The Labute approximate surface area is 53.6 Å². The average molecular weight is 236 g/mol. The fourth-order valence-electron chi connectivity index (χ4n) is 0. The van der Waals surface area contributed by atoms with Crippen molar-refractivity contribution in [2.24, 2.45) is 26.9 Å². The van der Waals surface area contributed by atoms with Crippen LogP contribution < -0.4 is 26.9 Å². The molecule has 0 aromatic rings. The summed E-state index contributed by atoms with van der Waals surface area (Å²) in [5.74, 6) is 0. The van der Waals surface area contributed by atoms with Crippen molar-refractivity contribution in [3.05, 3.63) is 0 Å². The molecular formula is H13ClN6Rh. The Bertz CT molecular complexity index is 67.1. The van der Waals surface area contributed by atoms with Gasteiger partial charge in [-0.3, -0.25) is 0 Å². The second-order valence-corrected chi connectivity index (χ2v) is 9.86. The molecule has 0 aliphatic heterocycles. The second-order valence-electron chi connectivity index (χ2n) is 1.67. The first-order valence-corrected chi connectivity index (χ1v) is 6.83. The van der Waals surface area contributed by atoms with Gasteiger partial charge in [0.1, 0.15) is 0 Å². The van der Waals surface area contributed by atoms with E-state index in [-0.39, 0.29) is 12.4 Å². The molecule has 0 unspecified atom stereocenters. The minimum absolute atomic E-state index is 0. The maximum absolute atomic E-state index is 4.98. The van der Waals surface area contributed by atoms with Crippen LogP contribution in [0.2, 0.25) is 0 Å². The summed E-state index contributed by atoms with van der Waals surface area (Å²) in [6.07, 6.45) is 0. The van der Waals surface area contributed by atoms with Crippen LogP contribution in [0.25, 0.3) is 0 Å². The summed E-state index contributed by atoms with van der Waals surface area (Å²) in [4.78, 5) is 0. The third-order valence-electron chi connectivity index (χ3n) is 0. The predicted molar refractivity (Wildman–Crippen MR) is 32.4 cm³/mol. The zero-order valence-electron chi connectivity index (χ0n) is 4.21. The second kappa shape index (κ2) is 1.39. The van der Waals surface area contributed by atoms with Crippen LogP contribution in [-0.2, 0) is 13.9 Å². The third kappa shape index (κ3) is 474. The van der Waals surface area contributed by atoms with E-state index >= 15 is 0 Å². The molecule has 0 aliphatic carbocycles. The number of nitrogens with two attached hydrogens (primary N) is 6. The topological polar surface area (TPSA) is 156 Å². The van der Waals surface area contributed by atoms with Crippen molar-refractivity contribution in [1.82, 2.24) is 0 Å². The molecular weight excluding hydrogens is 222 g/mol. The summed E-state index contributed by atoms with van der Waals surface area (Å²) < 4.78 is 29.4. The van der Waals surface area contributed by atoms with Crippen molar-refractivity contribution >= 4 is 12.4 Å². The monoisotopic (exact) mass is 235 g/mol. The molecule has 0 aromatic carbocycles. The summed E-state index contributed by atoms with van der Waals surface area (Å²) in [7, 11) is 0. The summed E-state index contributed by atoms with van der Waals surface area (Å²) in [6.45, 7) is 0. The van der Waals surface area contributed by atoms with Gasteiger partial charge in [0.15, 0.2) is 0 Å². The van der Waals surface area contributed by atoms with Crippen molar-refractivity contribution in [3.8, 4) is 0 Å². The van der Waals surface area contributed by atoms with Gasteiger partial charge in [0.25, 0.3) is 0 Å². The molecule has 0 saturated carbocycles. The van der Waals surface area contributed by atoms with E-state index in [0.717, 1.165) is 0 Å². The first-order chi connectivity index (χ1) is 2.45. The quantitative estimate of drug-likeness (QED) is 0.244. The Kier molecular flexibility index (Phi) is 1.99. The van der Waals surface area contributed by atoms with Crippen LogP contribution in [0.1, 0.15) is 0 Å². The Balaban J connectivity index is 0. The first-order valence-electron chi connectivity index (χ1n) is 1.15. The molecule has 0 bridgehead atoms. The van der Waals surface area contributed by atoms with E-state index in [2.05, 4.69) is 0 Å². The van der Waals surface area contributed by atoms with Crippen molar-refractivity contribution in [2.45, 2.75) is 0 Å². The fourth-order valence-corrected chi connectivity index (χ4v) is 0. The van der Waals surface area contributed by atoms with Crippen molar-refractivity contribution in [2.75, 3.05) is 0 Å². The van der Waals surface area contributed by atoms with Crippen LogP contribution in [0.3, 0.4) is 0 Å². The van der Waals surface area contributed by atoms with Crippen LogP contribution in [0.5, 0.6) is 0 Å². The zero-order chi connectivity index (χ0) is 6.41. The first kappa shape index (κ1) is 11.5. The van der Waals surface area contributed by atoms with E-state index in [1.165, 1.54) is 0 Å². The van der Waals surface area contributed by atoms with Crippen LogP contribution >= 0.6 is 12.4 Å². The number of hydrogen-bond donors (Lipinski definition) is 6. The Morgan fingerprint density at radius 3 is 0.625 bits per heavy atom. The van der Waals surface area contributed by atoms with Crippen LogP contribution in [0, 0.1) is 0 Å². The SMILES string of the molecule is Cl.[NH2][Rh]([NH2])([NH2])([NH2])([NH2])[NH2]. The molecule has 0 spiro atoms. The van der Waals surface area contributed by atoms with Gasteiger partial charge >= 0.3 is 40.7 Å². The number of halogens is 1. The van der Waals surface area contributed by atoms with Crippen molar-refractivity contribution in [1.29, 1.82) is 0 Å². The molecule has 8 heteroatoms. The van der Waals surface area contributed by atoms with E-state index < -0.39 is 13.9 Å². The number of hydrogen-bond acceptors (Lipinski definition) is 6. The van der Waals surface area contributed by atoms with E-state index in [0.29, 0.717) is 0 Å². The van der Waals surface area contributed by atoms with E-state index in [1.807, 2.05) is 0 Å². The van der Waals surface area contributed by atoms with E-state index in [4.69, 9.17) is 26.9 Å². The van der Waals surface area contributed by atoms with Gasteiger partial charge < -0.3 is 0 Å². The molecule has 59 valence electrons. The third-order valence-corrected chi connectivity index (χ3v) is 0. The average Bonchev–Trinajstić information content (AvgIpc) is 0.592. The van der Waals surface area contributed by atoms with Crippen molar-refractivity contribution < 1.29 is 13.9 Å². The van der Waals surface area contributed by atoms with Crippen LogP contribution in [-0.4, -0.2) is 0 Å². The predicted octanol–water partition coefficient (Wildman–Crippen LogP) is -3.12. The molecule has 0 rings (SSSR count). The van der Waals surface area contributed by atoms with E-state index in [9.17, 15) is 0 Å². The summed E-state index contributed by atoms with van der Waals surface area (Å²) >= 11 is -4.98.